The van der Waals surface area contributed by atoms with Crippen LogP contribution in [0.1, 0.15) is 30.0 Å². The van der Waals surface area contributed by atoms with Gasteiger partial charge in [-0.15, -0.1) is 0 Å². The summed E-state index contributed by atoms with van der Waals surface area (Å²) in [5.41, 5.74) is 4.86. The molecule has 174 valence electrons. The number of ether oxygens (including phenoxy) is 3. The van der Waals surface area contributed by atoms with Crippen LogP contribution in [0.15, 0.2) is 41.5 Å². The number of benzene rings is 2. The standard InChI is InChI=1S/C25H30N4O4/c1-15-9-17-10-22(31-3)23(32-4)12-21(17)24(27-29(15)25(30)26-2)16-5-7-18(8-6-16)28-13-20-11-19(28)14-33-20/h5-8,10,12,15,19-20H,9,11,13-14H2,1-4H3,(H,26,30)/t15-,19-,20+/m0/s1. The zero-order chi connectivity index (χ0) is 23.1. The van der Waals surface area contributed by atoms with E-state index in [0.717, 1.165) is 42.0 Å². The van der Waals surface area contributed by atoms with Gasteiger partial charge < -0.3 is 24.4 Å². The molecule has 2 bridgehead atoms. The van der Waals surface area contributed by atoms with Crippen molar-refractivity contribution in [2.24, 2.45) is 5.10 Å². The maximum absolute atomic E-state index is 12.6. The minimum Gasteiger partial charge on any atom is -0.493 e. The first kappa shape index (κ1) is 21.6. The van der Waals surface area contributed by atoms with E-state index in [-0.39, 0.29) is 12.1 Å². The zero-order valence-electron chi connectivity index (χ0n) is 19.5. The molecule has 8 nitrogen and oxygen atoms in total. The van der Waals surface area contributed by atoms with E-state index in [2.05, 4.69) is 34.5 Å². The lowest BCUT2D eigenvalue weighted by atomic mass is 9.94. The van der Waals surface area contributed by atoms with Gasteiger partial charge in [-0.3, -0.25) is 0 Å². The monoisotopic (exact) mass is 450 g/mol. The number of hydrazone groups is 1. The smallest absolute Gasteiger partial charge is 0.337 e. The predicted molar refractivity (Wildman–Crippen MR) is 127 cm³/mol. The lowest BCUT2D eigenvalue weighted by Gasteiger charge is -2.29. The number of amides is 2. The Bertz CT molecular complexity index is 1080. The Hall–Kier alpha value is -3.26. The molecule has 5 rings (SSSR count). The molecule has 3 atom stereocenters. The highest BCUT2D eigenvalue weighted by Crippen LogP contribution is 2.36. The number of rotatable bonds is 4. The summed E-state index contributed by atoms with van der Waals surface area (Å²) >= 11 is 0. The minimum atomic E-state index is -0.239. The quantitative estimate of drug-likeness (QED) is 0.775. The van der Waals surface area contributed by atoms with Crippen LogP contribution < -0.4 is 19.7 Å². The Morgan fingerprint density at radius 3 is 2.48 bits per heavy atom. The summed E-state index contributed by atoms with van der Waals surface area (Å²) in [6.07, 6.45) is 2.09. The van der Waals surface area contributed by atoms with E-state index >= 15 is 0 Å². The summed E-state index contributed by atoms with van der Waals surface area (Å²) in [6.45, 7) is 3.73. The van der Waals surface area contributed by atoms with Crippen LogP contribution in [0, 0.1) is 0 Å². The lowest BCUT2D eigenvalue weighted by molar-refractivity contribution is 0.0991. The van der Waals surface area contributed by atoms with Crippen molar-refractivity contribution in [2.75, 3.05) is 39.3 Å². The van der Waals surface area contributed by atoms with E-state index in [9.17, 15) is 4.79 Å². The first-order chi connectivity index (χ1) is 16.0. The van der Waals surface area contributed by atoms with Gasteiger partial charge in [0.05, 0.1) is 44.7 Å². The summed E-state index contributed by atoms with van der Waals surface area (Å²) < 4.78 is 16.9. The summed E-state index contributed by atoms with van der Waals surface area (Å²) in [5.74, 6) is 1.30. The van der Waals surface area contributed by atoms with E-state index in [1.165, 1.54) is 10.7 Å². The van der Waals surface area contributed by atoms with Crippen LogP contribution in [0.25, 0.3) is 0 Å². The summed E-state index contributed by atoms with van der Waals surface area (Å²) in [5, 5.41) is 9.08. The number of nitrogens with zero attached hydrogens (tertiary/aromatic N) is 3. The minimum absolute atomic E-state index is 0.126. The van der Waals surface area contributed by atoms with Gasteiger partial charge in [-0.2, -0.15) is 5.10 Å². The normalized spacial score (nSPS) is 23.6. The molecular formula is C25H30N4O4. The van der Waals surface area contributed by atoms with Gasteiger partial charge in [0.2, 0.25) is 0 Å². The van der Waals surface area contributed by atoms with Gasteiger partial charge in [0.15, 0.2) is 11.5 Å². The lowest BCUT2D eigenvalue weighted by Crippen LogP contribution is -2.41. The average molecular weight is 451 g/mol. The van der Waals surface area contributed by atoms with Crippen LogP contribution in [-0.4, -0.2) is 69.4 Å². The van der Waals surface area contributed by atoms with Crippen LogP contribution in [0.3, 0.4) is 0 Å². The van der Waals surface area contributed by atoms with Crippen molar-refractivity contribution in [1.82, 2.24) is 10.3 Å². The average Bonchev–Trinajstić information content (AvgIpc) is 3.45. The Labute approximate surface area is 194 Å². The van der Waals surface area contributed by atoms with Crippen LogP contribution in [0.4, 0.5) is 10.5 Å². The third-order valence-electron chi connectivity index (χ3n) is 6.80. The van der Waals surface area contributed by atoms with Gasteiger partial charge in [-0.25, -0.2) is 9.80 Å². The molecule has 0 unspecified atom stereocenters. The molecule has 3 aliphatic heterocycles. The molecule has 3 heterocycles. The Morgan fingerprint density at radius 2 is 1.88 bits per heavy atom. The molecule has 0 saturated carbocycles. The molecule has 0 aliphatic carbocycles. The fourth-order valence-corrected chi connectivity index (χ4v) is 5.08. The molecule has 2 aromatic rings. The molecule has 0 radical (unpaired) electrons. The van der Waals surface area contributed by atoms with Crippen LogP contribution in [0.5, 0.6) is 11.5 Å². The van der Waals surface area contributed by atoms with Gasteiger partial charge in [0, 0.05) is 30.4 Å². The number of methoxy groups -OCH3 is 2. The highest BCUT2D eigenvalue weighted by atomic mass is 16.5. The van der Waals surface area contributed by atoms with Crippen molar-refractivity contribution >= 4 is 17.4 Å². The van der Waals surface area contributed by atoms with Crippen LogP contribution in [0.2, 0.25) is 0 Å². The Morgan fingerprint density at radius 1 is 1.15 bits per heavy atom. The van der Waals surface area contributed by atoms with Crippen LogP contribution in [-0.2, 0) is 11.2 Å². The number of anilines is 1. The third kappa shape index (κ3) is 3.78. The van der Waals surface area contributed by atoms with E-state index in [1.807, 2.05) is 19.1 Å². The molecule has 33 heavy (non-hydrogen) atoms. The van der Waals surface area contributed by atoms with Crippen molar-refractivity contribution in [3.63, 3.8) is 0 Å². The fraction of sp³-hybridized carbons (Fsp3) is 0.440. The second-order valence-corrected chi connectivity index (χ2v) is 8.81. The number of morpholine rings is 1. The number of hydrogen-bond acceptors (Lipinski definition) is 6. The number of hydrogen-bond donors (Lipinski definition) is 1. The third-order valence-corrected chi connectivity index (χ3v) is 6.80. The van der Waals surface area contributed by atoms with Gasteiger partial charge >= 0.3 is 6.03 Å². The molecule has 8 heteroatoms. The first-order valence-electron chi connectivity index (χ1n) is 11.4. The van der Waals surface area contributed by atoms with E-state index < -0.39 is 0 Å². The first-order valence-corrected chi connectivity index (χ1v) is 11.4. The predicted octanol–water partition coefficient (Wildman–Crippen LogP) is 3.02. The maximum atomic E-state index is 12.6. The number of carbonyl (C=O) groups excluding carboxylic acids is 1. The van der Waals surface area contributed by atoms with E-state index in [1.54, 1.807) is 21.3 Å². The van der Waals surface area contributed by atoms with E-state index in [0.29, 0.717) is 30.1 Å². The van der Waals surface area contributed by atoms with Crippen molar-refractivity contribution in [2.45, 2.75) is 38.0 Å². The second kappa shape index (κ2) is 8.59. The topological polar surface area (TPSA) is 75.6 Å². The largest absolute Gasteiger partial charge is 0.493 e. The van der Waals surface area contributed by atoms with Gasteiger partial charge in [0.1, 0.15) is 0 Å². The van der Waals surface area contributed by atoms with Crippen LogP contribution >= 0.6 is 0 Å². The molecule has 2 aromatic carbocycles. The second-order valence-electron chi connectivity index (χ2n) is 8.81. The molecule has 0 aromatic heterocycles. The molecule has 2 amide bonds. The number of carbonyl (C=O) groups is 1. The Balaban J connectivity index is 1.58. The fourth-order valence-electron chi connectivity index (χ4n) is 5.08. The molecule has 2 fully saturated rings. The highest BCUT2D eigenvalue weighted by molar-refractivity contribution is 6.14. The molecule has 0 spiro atoms. The van der Waals surface area contributed by atoms with Crippen molar-refractivity contribution < 1.29 is 19.0 Å². The summed E-state index contributed by atoms with van der Waals surface area (Å²) in [6, 6.07) is 12.5. The highest BCUT2D eigenvalue weighted by Gasteiger charge is 2.39. The molecular weight excluding hydrogens is 420 g/mol. The molecule has 3 aliphatic rings. The zero-order valence-corrected chi connectivity index (χ0v) is 19.5. The SMILES string of the molecule is CNC(=O)N1N=C(c2ccc(N3C[C@H]4C[C@H]3CO4)cc2)c2cc(OC)c(OC)cc2C[C@@H]1C. The summed E-state index contributed by atoms with van der Waals surface area (Å²) in [4.78, 5) is 15.1. The van der Waals surface area contributed by atoms with Crippen molar-refractivity contribution in [3.05, 3.63) is 53.1 Å². The molecule has 2 saturated heterocycles. The number of urea groups is 1. The molecule has 1 N–H and O–H groups in total. The van der Waals surface area contributed by atoms with Gasteiger partial charge in [-0.1, -0.05) is 12.1 Å². The number of fused-ring (bicyclic) bond motifs is 3. The van der Waals surface area contributed by atoms with Gasteiger partial charge in [-0.05, 0) is 49.6 Å². The number of nitrogens with one attached hydrogen (secondary N) is 1. The Kier molecular flexibility index (Phi) is 5.62. The maximum Gasteiger partial charge on any atom is 0.337 e. The summed E-state index contributed by atoms with van der Waals surface area (Å²) in [7, 11) is 4.88. The van der Waals surface area contributed by atoms with Crippen molar-refractivity contribution in [3.8, 4) is 11.5 Å². The van der Waals surface area contributed by atoms with Crippen molar-refractivity contribution in [1.29, 1.82) is 0 Å². The van der Waals surface area contributed by atoms with Gasteiger partial charge in [0.25, 0.3) is 0 Å². The van der Waals surface area contributed by atoms with E-state index in [4.69, 9.17) is 19.3 Å².